The molecule has 3 aromatic rings. The minimum Gasteiger partial charge on any atom is -0.490 e. The maximum atomic E-state index is 13.2. The number of amides is 3. The minimum absolute atomic E-state index is 0.193. The Kier molecular flexibility index (Phi) is 9.17. The molecule has 0 saturated carbocycles. The number of ether oxygens (including phenoxy) is 2. The van der Waals surface area contributed by atoms with Gasteiger partial charge in [0.25, 0.3) is 11.1 Å². The first-order valence-electron chi connectivity index (χ1n) is 13.2. The van der Waals surface area contributed by atoms with Crippen molar-refractivity contribution in [2.24, 2.45) is 0 Å². The summed E-state index contributed by atoms with van der Waals surface area (Å²) in [6, 6.07) is 17.9. The van der Waals surface area contributed by atoms with Crippen LogP contribution < -0.4 is 9.47 Å². The third-order valence-corrected chi connectivity index (χ3v) is 8.57. The lowest BCUT2D eigenvalue weighted by Crippen LogP contribution is -2.44. The van der Waals surface area contributed by atoms with Gasteiger partial charge in [0.2, 0.25) is 5.91 Å². The molecule has 0 atom stereocenters. The number of halogens is 1. The largest absolute Gasteiger partial charge is 0.490 e. The average Bonchev–Trinajstić information content (AvgIpc) is 3.24. The van der Waals surface area contributed by atoms with Crippen LogP contribution in [0.15, 0.2) is 65.6 Å². The number of hydrogen-bond acceptors (Lipinski definition) is 7. The second-order valence-electron chi connectivity index (χ2n) is 9.66. The zero-order valence-corrected chi connectivity index (χ0v) is 25.6. The molecule has 0 radical (unpaired) electrons. The number of nitrogens with zero attached hydrogens (tertiary/aromatic N) is 2. The summed E-state index contributed by atoms with van der Waals surface area (Å²) in [5, 5.41) is 8.62. The van der Waals surface area contributed by atoms with Crippen molar-refractivity contribution in [3.05, 3.63) is 97.0 Å². The first-order chi connectivity index (χ1) is 20.2. The topological polar surface area (TPSA) is 113 Å². The SMILES string of the molecule is CCOc1cc(/C=C2\SC(=O)N(CC(=O)N3CCc4ccccc4C3)C2=O)cc(I)c1OCc1ccc(C(=O)O)cc1. The second kappa shape index (κ2) is 13.0. The minimum atomic E-state index is -0.996. The van der Waals surface area contributed by atoms with Crippen LogP contribution in [0.5, 0.6) is 11.5 Å². The van der Waals surface area contributed by atoms with Gasteiger partial charge in [-0.25, -0.2) is 4.79 Å². The van der Waals surface area contributed by atoms with E-state index in [1.54, 1.807) is 29.2 Å². The quantitative estimate of drug-likeness (QED) is 0.228. The van der Waals surface area contributed by atoms with Gasteiger partial charge in [0.05, 0.1) is 20.6 Å². The zero-order chi connectivity index (χ0) is 29.8. The number of carboxylic acids is 1. The lowest BCUT2D eigenvalue weighted by atomic mass is 10.00. The number of carboxylic acid groups (broad SMARTS) is 1. The van der Waals surface area contributed by atoms with Gasteiger partial charge in [0.1, 0.15) is 13.2 Å². The number of thioether (sulfide) groups is 1. The van der Waals surface area contributed by atoms with Crippen molar-refractivity contribution in [2.75, 3.05) is 19.7 Å². The molecular formula is C31H27IN2O7S. The van der Waals surface area contributed by atoms with Gasteiger partial charge in [-0.15, -0.1) is 0 Å². The van der Waals surface area contributed by atoms with Gasteiger partial charge >= 0.3 is 5.97 Å². The number of fused-ring (bicyclic) bond motifs is 1. The van der Waals surface area contributed by atoms with E-state index in [-0.39, 0.29) is 29.5 Å². The number of aromatic carboxylic acids is 1. The number of imide groups is 1. The zero-order valence-electron chi connectivity index (χ0n) is 22.7. The van der Waals surface area contributed by atoms with Gasteiger partial charge in [0, 0.05) is 13.1 Å². The van der Waals surface area contributed by atoms with Crippen LogP contribution in [0.2, 0.25) is 0 Å². The molecule has 3 amide bonds. The van der Waals surface area contributed by atoms with E-state index in [2.05, 4.69) is 28.7 Å². The summed E-state index contributed by atoms with van der Waals surface area (Å²) < 4.78 is 12.6. The molecule has 0 aromatic heterocycles. The maximum Gasteiger partial charge on any atom is 0.335 e. The number of rotatable bonds is 9. The third kappa shape index (κ3) is 6.62. The Bertz CT molecular complexity index is 1590. The normalized spacial score (nSPS) is 15.6. The van der Waals surface area contributed by atoms with Crippen molar-refractivity contribution in [3.63, 3.8) is 0 Å². The Morgan fingerprint density at radius 1 is 1.05 bits per heavy atom. The summed E-state index contributed by atoms with van der Waals surface area (Å²) >= 11 is 2.92. The summed E-state index contributed by atoms with van der Waals surface area (Å²) in [6.07, 6.45) is 2.35. The van der Waals surface area contributed by atoms with Crippen LogP contribution in [0.4, 0.5) is 4.79 Å². The summed E-state index contributed by atoms with van der Waals surface area (Å²) in [6.45, 7) is 3.13. The van der Waals surface area contributed by atoms with Crippen LogP contribution in [-0.2, 0) is 29.2 Å². The van der Waals surface area contributed by atoms with Crippen LogP contribution in [0.25, 0.3) is 6.08 Å². The van der Waals surface area contributed by atoms with E-state index < -0.39 is 17.1 Å². The second-order valence-corrected chi connectivity index (χ2v) is 11.8. The fraction of sp³-hybridized carbons (Fsp3) is 0.226. The standard InChI is InChI=1S/C31H27IN2O7S/c1-2-40-25-14-20(13-24(32)28(25)41-18-19-7-9-22(10-8-19)30(37)38)15-26-29(36)34(31(39)42-26)17-27(35)33-12-11-21-5-3-4-6-23(21)16-33/h3-10,13-15H,2,11-12,16-18H2,1H3,(H,37,38)/b26-15-. The molecule has 2 aliphatic heterocycles. The predicted molar refractivity (Wildman–Crippen MR) is 166 cm³/mol. The van der Waals surface area contributed by atoms with Gasteiger partial charge in [0.15, 0.2) is 11.5 Å². The molecule has 0 bridgehead atoms. The van der Waals surface area contributed by atoms with E-state index in [9.17, 15) is 19.2 Å². The van der Waals surface area contributed by atoms with Crippen molar-refractivity contribution in [1.82, 2.24) is 9.80 Å². The highest BCUT2D eigenvalue weighted by molar-refractivity contribution is 14.1. The highest BCUT2D eigenvalue weighted by Gasteiger charge is 2.37. The summed E-state index contributed by atoms with van der Waals surface area (Å²) in [5.74, 6) is -0.783. The highest BCUT2D eigenvalue weighted by Crippen LogP contribution is 2.38. The fourth-order valence-corrected chi connectivity index (χ4v) is 6.32. The van der Waals surface area contributed by atoms with Crippen LogP contribution in [0.1, 0.15) is 39.5 Å². The molecule has 5 rings (SSSR count). The molecule has 0 spiro atoms. The Labute approximate surface area is 260 Å². The molecule has 9 nitrogen and oxygen atoms in total. The van der Waals surface area contributed by atoms with Gasteiger partial charge in [-0.2, -0.15) is 0 Å². The summed E-state index contributed by atoms with van der Waals surface area (Å²) in [7, 11) is 0. The molecular weight excluding hydrogens is 671 g/mol. The molecule has 0 unspecified atom stereocenters. The van der Waals surface area contributed by atoms with E-state index in [4.69, 9.17) is 14.6 Å². The summed E-state index contributed by atoms with van der Waals surface area (Å²) in [4.78, 5) is 53.0. The van der Waals surface area contributed by atoms with Gasteiger partial charge in [-0.3, -0.25) is 19.3 Å². The molecule has 2 heterocycles. The molecule has 3 aromatic carbocycles. The first kappa shape index (κ1) is 29.6. The van der Waals surface area contributed by atoms with Crippen LogP contribution in [0.3, 0.4) is 0 Å². The lowest BCUT2D eigenvalue weighted by Gasteiger charge is -2.29. The average molecular weight is 699 g/mol. The van der Waals surface area contributed by atoms with Crippen molar-refractivity contribution in [3.8, 4) is 11.5 Å². The fourth-order valence-electron chi connectivity index (χ4n) is 4.70. The first-order valence-corrected chi connectivity index (χ1v) is 15.1. The van der Waals surface area contributed by atoms with Crippen LogP contribution in [0, 0.1) is 3.57 Å². The Morgan fingerprint density at radius 3 is 2.50 bits per heavy atom. The molecule has 1 N–H and O–H groups in total. The number of hydrogen-bond donors (Lipinski definition) is 1. The van der Waals surface area contributed by atoms with E-state index in [1.807, 2.05) is 31.2 Å². The number of benzene rings is 3. The maximum absolute atomic E-state index is 13.2. The Hall–Kier alpha value is -3.84. The van der Waals surface area contributed by atoms with Crippen molar-refractivity contribution in [2.45, 2.75) is 26.5 Å². The van der Waals surface area contributed by atoms with Crippen molar-refractivity contribution < 1.29 is 33.8 Å². The molecule has 1 saturated heterocycles. The molecule has 0 aliphatic carbocycles. The van der Waals surface area contributed by atoms with E-state index in [0.717, 1.165) is 37.8 Å². The van der Waals surface area contributed by atoms with E-state index in [0.29, 0.717) is 36.8 Å². The van der Waals surface area contributed by atoms with E-state index >= 15 is 0 Å². The third-order valence-electron chi connectivity index (χ3n) is 6.86. The van der Waals surface area contributed by atoms with Crippen LogP contribution >= 0.6 is 34.4 Å². The van der Waals surface area contributed by atoms with E-state index in [1.165, 1.54) is 17.7 Å². The molecule has 1 fully saturated rings. The van der Waals surface area contributed by atoms with Crippen molar-refractivity contribution >= 4 is 63.5 Å². The highest BCUT2D eigenvalue weighted by atomic mass is 127. The molecule has 11 heteroatoms. The van der Waals surface area contributed by atoms with Gasteiger partial charge in [-0.05, 0) is 100 Å². The number of carbonyl (C=O) groups is 4. The summed E-state index contributed by atoms with van der Waals surface area (Å²) in [5.41, 5.74) is 3.92. The van der Waals surface area contributed by atoms with Crippen molar-refractivity contribution in [1.29, 1.82) is 0 Å². The predicted octanol–water partition coefficient (Wildman–Crippen LogP) is 5.59. The monoisotopic (exact) mass is 698 g/mol. The lowest BCUT2D eigenvalue weighted by molar-refractivity contribution is -0.136. The molecule has 42 heavy (non-hydrogen) atoms. The van der Waals surface area contributed by atoms with Crippen LogP contribution in [-0.4, -0.2) is 57.6 Å². The number of carbonyl (C=O) groups excluding carboxylic acids is 3. The smallest absolute Gasteiger partial charge is 0.335 e. The van der Waals surface area contributed by atoms with Gasteiger partial charge in [-0.1, -0.05) is 36.4 Å². The molecule has 216 valence electrons. The Morgan fingerprint density at radius 2 is 1.79 bits per heavy atom. The Balaban J connectivity index is 1.28. The van der Waals surface area contributed by atoms with Gasteiger partial charge < -0.3 is 19.5 Å². The molecule has 2 aliphatic rings.